The van der Waals surface area contributed by atoms with Crippen molar-refractivity contribution < 1.29 is 9.84 Å². The van der Waals surface area contributed by atoms with Gasteiger partial charge in [-0.05, 0) is 13.3 Å². The smallest absolute Gasteiger partial charge is 0.0698 e. The summed E-state index contributed by atoms with van der Waals surface area (Å²) < 4.78 is 5.06. The van der Waals surface area contributed by atoms with E-state index < -0.39 is 0 Å². The van der Waals surface area contributed by atoms with E-state index in [2.05, 4.69) is 0 Å². The first-order chi connectivity index (χ1) is 4.62. The minimum Gasteiger partial charge on any atom is -0.394 e. The van der Waals surface area contributed by atoms with E-state index in [1.54, 1.807) is 0 Å². The molecule has 0 aromatic rings. The van der Waals surface area contributed by atoms with Gasteiger partial charge < -0.3 is 15.6 Å². The van der Waals surface area contributed by atoms with Crippen LogP contribution in [0.4, 0.5) is 0 Å². The van der Waals surface area contributed by atoms with Crippen LogP contribution in [0.2, 0.25) is 0 Å². The standard InChI is InChI=1S/C7H17NO2/c1-3-7(2,8)6-10-5-4-9/h9H,3-6,8H2,1-2H3. The number of aliphatic hydroxyl groups is 1. The Bertz CT molecular complexity index is 83.7. The van der Waals surface area contributed by atoms with Crippen LogP contribution >= 0.6 is 0 Å². The highest BCUT2D eigenvalue weighted by molar-refractivity contribution is 4.75. The van der Waals surface area contributed by atoms with Gasteiger partial charge in [0.2, 0.25) is 0 Å². The van der Waals surface area contributed by atoms with Crippen molar-refractivity contribution in [3.8, 4) is 0 Å². The van der Waals surface area contributed by atoms with Gasteiger partial charge >= 0.3 is 0 Å². The molecule has 3 nitrogen and oxygen atoms in total. The van der Waals surface area contributed by atoms with Crippen LogP contribution in [-0.2, 0) is 4.74 Å². The molecule has 0 bridgehead atoms. The zero-order chi connectivity index (χ0) is 8.04. The van der Waals surface area contributed by atoms with Crippen molar-refractivity contribution in [1.82, 2.24) is 0 Å². The van der Waals surface area contributed by atoms with Gasteiger partial charge in [-0.2, -0.15) is 0 Å². The summed E-state index contributed by atoms with van der Waals surface area (Å²) in [4.78, 5) is 0. The molecule has 0 spiro atoms. The fourth-order valence-electron chi connectivity index (χ4n) is 0.472. The van der Waals surface area contributed by atoms with E-state index in [4.69, 9.17) is 15.6 Å². The molecule has 0 fully saturated rings. The molecule has 0 aromatic heterocycles. The third-order valence-corrected chi connectivity index (χ3v) is 1.48. The van der Waals surface area contributed by atoms with Crippen LogP contribution in [0.3, 0.4) is 0 Å². The molecule has 0 saturated heterocycles. The first kappa shape index (κ1) is 9.88. The van der Waals surface area contributed by atoms with Crippen molar-refractivity contribution in [2.75, 3.05) is 19.8 Å². The number of hydrogen-bond donors (Lipinski definition) is 2. The molecule has 10 heavy (non-hydrogen) atoms. The topological polar surface area (TPSA) is 55.5 Å². The Morgan fingerprint density at radius 2 is 2.20 bits per heavy atom. The normalized spacial score (nSPS) is 16.8. The van der Waals surface area contributed by atoms with Gasteiger partial charge in [0, 0.05) is 5.54 Å². The molecule has 0 rings (SSSR count). The van der Waals surface area contributed by atoms with E-state index in [0.29, 0.717) is 13.2 Å². The van der Waals surface area contributed by atoms with Gasteiger partial charge in [-0.3, -0.25) is 0 Å². The summed E-state index contributed by atoms with van der Waals surface area (Å²) in [5.41, 5.74) is 5.51. The fourth-order valence-corrected chi connectivity index (χ4v) is 0.472. The SMILES string of the molecule is CCC(C)(N)COCCO. The van der Waals surface area contributed by atoms with Gasteiger partial charge in [0.25, 0.3) is 0 Å². The van der Waals surface area contributed by atoms with Gasteiger partial charge in [0.1, 0.15) is 0 Å². The number of rotatable bonds is 5. The van der Waals surface area contributed by atoms with Crippen molar-refractivity contribution in [2.24, 2.45) is 5.73 Å². The summed E-state index contributed by atoms with van der Waals surface area (Å²) in [7, 11) is 0. The van der Waals surface area contributed by atoms with E-state index >= 15 is 0 Å². The molecule has 1 atom stereocenters. The molecule has 0 saturated carbocycles. The average Bonchev–Trinajstić information content (AvgIpc) is 1.89. The molecule has 3 heteroatoms. The second kappa shape index (κ2) is 4.66. The molecule has 0 aromatic carbocycles. The van der Waals surface area contributed by atoms with Gasteiger partial charge in [-0.25, -0.2) is 0 Å². The summed E-state index contributed by atoms with van der Waals surface area (Å²) in [5.74, 6) is 0. The molecular weight excluding hydrogens is 130 g/mol. The number of aliphatic hydroxyl groups excluding tert-OH is 1. The highest BCUT2D eigenvalue weighted by Crippen LogP contribution is 2.03. The van der Waals surface area contributed by atoms with E-state index in [0.717, 1.165) is 6.42 Å². The second-order valence-corrected chi connectivity index (χ2v) is 2.78. The molecule has 1 unspecified atom stereocenters. The average molecular weight is 147 g/mol. The third-order valence-electron chi connectivity index (χ3n) is 1.48. The molecular formula is C7H17NO2. The summed E-state index contributed by atoms with van der Waals surface area (Å²) in [6, 6.07) is 0. The van der Waals surface area contributed by atoms with Crippen LogP contribution in [0.1, 0.15) is 20.3 Å². The largest absolute Gasteiger partial charge is 0.394 e. The molecule has 0 aliphatic heterocycles. The van der Waals surface area contributed by atoms with Crippen molar-refractivity contribution in [2.45, 2.75) is 25.8 Å². The lowest BCUT2D eigenvalue weighted by Gasteiger charge is -2.21. The second-order valence-electron chi connectivity index (χ2n) is 2.78. The maximum atomic E-state index is 8.37. The Labute approximate surface area is 62.2 Å². The molecule has 0 amide bonds. The Hall–Kier alpha value is -0.120. The van der Waals surface area contributed by atoms with Crippen molar-refractivity contribution in [3.05, 3.63) is 0 Å². The monoisotopic (exact) mass is 147 g/mol. The lowest BCUT2D eigenvalue weighted by Crippen LogP contribution is -2.40. The minimum absolute atomic E-state index is 0.0692. The van der Waals surface area contributed by atoms with E-state index in [9.17, 15) is 0 Å². The fraction of sp³-hybridized carbons (Fsp3) is 1.00. The quantitative estimate of drug-likeness (QED) is 0.543. The van der Waals surface area contributed by atoms with Crippen molar-refractivity contribution in [1.29, 1.82) is 0 Å². The zero-order valence-electron chi connectivity index (χ0n) is 6.76. The number of ether oxygens (including phenoxy) is 1. The molecule has 3 N–H and O–H groups in total. The highest BCUT2D eigenvalue weighted by Gasteiger charge is 2.14. The van der Waals surface area contributed by atoms with Crippen LogP contribution in [0.5, 0.6) is 0 Å². The van der Waals surface area contributed by atoms with Crippen LogP contribution < -0.4 is 5.73 Å². The Kier molecular flexibility index (Phi) is 4.60. The Morgan fingerprint density at radius 1 is 1.60 bits per heavy atom. The lowest BCUT2D eigenvalue weighted by atomic mass is 10.0. The van der Waals surface area contributed by atoms with E-state index in [1.165, 1.54) is 0 Å². The number of nitrogens with two attached hydrogens (primary N) is 1. The van der Waals surface area contributed by atoms with Gasteiger partial charge in [0.15, 0.2) is 0 Å². The Balaban J connectivity index is 3.28. The Morgan fingerprint density at radius 3 is 2.60 bits per heavy atom. The predicted octanol–water partition coefficient (Wildman–Crippen LogP) is 0.123. The maximum Gasteiger partial charge on any atom is 0.0698 e. The molecule has 62 valence electrons. The summed E-state index contributed by atoms with van der Waals surface area (Å²) in [6.07, 6.45) is 0.887. The zero-order valence-corrected chi connectivity index (χ0v) is 6.76. The maximum absolute atomic E-state index is 8.37. The van der Waals surface area contributed by atoms with E-state index in [-0.39, 0.29) is 12.1 Å². The predicted molar refractivity (Wildman–Crippen MR) is 40.8 cm³/mol. The van der Waals surface area contributed by atoms with Crippen molar-refractivity contribution in [3.63, 3.8) is 0 Å². The van der Waals surface area contributed by atoms with E-state index in [1.807, 2.05) is 13.8 Å². The molecule has 0 aliphatic carbocycles. The first-order valence-corrected chi connectivity index (χ1v) is 3.60. The minimum atomic E-state index is -0.241. The third kappa shape index (κ3) is 4.73. The van der Waals surface area contributed by atoms with Crippen LogP contribution in [0.25, 0.3) is 0 Å². The van der Waals surface area contributed by atoms with Crippen LogP contribution in [0, 0.1) is 0 Å². The van der Waals surface area contributed by atoms with Gasteiger partial charge in [0.05, 0.1) is 19.8 Å². The van der Waals surface area contributed by atoms with Crippen molar-refractivity contribution >= 4 is 0 Å². The first-order valence-electron chi connectivity index (χ1n) is 3.60. The number of hydrogen-bond acceptors (Lipinski definition) is 3. The lowest BCUT2D eigenvalue weighted by molar-refractivity contribution is 0.0608. The molecule has 0 radical (unpaired) electrons. The summed E-state index contributed by atoms with van der Waals surface area (Å²) in [6.45, 7) is 4.92. The summed E-state index contributed by atoms with van der Waals surface area (Å²) in [5, 5.41) is 8.37. The summed E-state index contributed by atoms with van der Waals surface area (Å²) >= 11 is 0. The molecule has 0 heterocycles. The van der Waals surface area contributed by atoms with Gasteiger partial charge in [-0.15, -0.1) is 0 Å². The van der Waals surface area contributed by atoms with Crippen LogP contribution in [0.15, 0.2) is 0 Å². The van der Waals surface area contributed by atoms with Crippen LogP contribution in [-0.4, -0.2) is 30.5 Å². The highest BCUT2D eigenvalue weighted by atomic mass is 16.5. The van der Waals surface area contributed by atoms with Gasteiger partial charge in [-0.1, -0.05) is 6.92 Å². The molecule has 0 aliphatic rings.